The number of pyridine rings is 1. The van der Waals surface area contributed by atoms with Crippen LogP contribution in [-0.2, 0) is 6.61 Å². The van der Waals surface area contributed by atoms with E-state index < -0.39 is 0 Å². The summed E-state index contributed by atoms with van der Waals surface area (Å²) in [5.41, 5.74) is 8.62. The van der Waals surface area contributed by atoms with Crippen LogP contribution in [0.4, 0.5) is 0 Å². The summed E-state index contributed by atoms with van der Waals surface area (Å²) in [4.78, 5) is 4.30. The van der Waals surface area contributed by atoms with Gasteiger partial charge in [0.15, 0.2) is 0 Å². The second-order valence-corrected chi connectivity index (χ2v) is 4.99. The van der Waals surface area contributed by atoms with E-state index in [0.29, 0.717) is 28.6 Å². The lowest BCUT2D eigenvalue weighted by Crippen LogP contribution is -2.16. The average molecular weight is 290 g/mol. The number of rotatable bonds is 4. The number of aromatic nitrogens is 1. The summed E-state index contributed by atoms with van der Waals surface area (Å²) in [7, 11) is 0. The quantitative estimate of drug-likeness (QED) is 0.670. The van der Waals surface area contributed by atoms with Gasteiger partial charge >= 0.3 is 0 Å². The number of halogens is 1. The minimum atomic E-state index is -0.0453. The Morgan fingerprint density at radius 1 is 1.35 bits per heavy atom. The number of hydrogen-bond donors (Lipinski definition) is 2. The molecule has 1 aromatic heterocycles. The third-order valence-corrected chi connectivity index (χ3v) is 3.08. The highest BCUT2D eigenvalue weighted by Crippen LogP contribution is 2.23. The lowest BCUT2D eigenvalue weighted by atomic mass is 10.1. The Bertz CT molecular complexity index is 656. The zero-order valence-electron chi connectivity index (χ0n) is 11.4. The fraction of sp³-hybridized carbons (Fsp3) is 0.200. The average Bonchev–Trinajstić information content (AvgIpc) is 2.35. The maximum Gasteiger partial charge on any atom is 0.134 e. The van der Waals surface area contributed by atoms with Gasteiger partial charge in [-0.15, -0.1) is 0 Å². The highest BCUT2D eigenvalue weighted by molar-refractivity contribution is 6.30. The van der Waals surface area contributed by atoms with Gasteiger partial charge in [-0.2, -0.15) is 0 Å². The first-order valence-corrected chi connectivity index (χ1v) is 6.55. The Hall–Kier alpha value is -2.07. The van der Waals surface area contributed by atoms with Crippen LogP contribution in [0.25, 0.3) is 0 Å². The highest BCUT2D eigenvalue weighted by Gasteiger charge is 2.12. The normalized spacial score (nSPS) is 10.3. The second kappa shape index (κ2) is 5.92. The van der Waals surface area contributed by atoms with Crippen molar-refractivity contribution in [3.05, 3.63) is 57.9 Å². The van der Waals surface area contributed by atoms with Crippen molar-refractivity contribution in [2.45, 2.75) is 20.5 Å². The van der Waals surface area contributed by atoms with Crippen LogP contribution in [0.3, 0.4) is 0 Å². The first kappa shape index (κ1) is 14.3. The molecular weight excluding hydrogens is 274 g/mol. The predicted molar refractivity (Wildman–Crippen MR) is 80.5 cm³/mol. The van der Waals surface area contributed by atoms with Crippen molar-refractivity contribution in [2.24, 2.45) is 5.73 Å². The summed E-state index contributed by atoms with van der Waals surface area (Å²) in [6, 6.07) is 9.24. The lowest BCUT2D eigenvalue weighted by molar-refractivity contribution is 0.304. The van der Waals surface area contributed by atoms with Gasteiger partial charge in [-0.25, -0.2) is 0 Å². The molecule has 20 heavy (non-hydrogen) atoms. The second-order valence-electron chi connectivity index (χ2n) is 4.55. The molecule has 1 heterocycles. The van der Waals surface area contributed by atoms with Crippen molar-refractivity contribution in [3.63, 3.8) is 0 Å². The maximum absolute atomic E-state index is 7.64. The van der Waals surface area contributed by atoms with Crippen molar-refractivity contribution >= 4 is 17.4 Å². The standard InChI is InChI=1S/C15H16ClN3O/c1-9-6-13(14(15(17)18)10(2)19-9)20-8-11-4-3-5-12(16)7-11/h3-7H,8H2,1-2H3,(H3,17,18). The van der Waals surface area contributed by atoms with E-state index in [1.54, 1.807) is 6.07 Å². The van der Waals surface area contributed by atoms with Crippen LogP contribution in [-0.4, -0.2) is 10.8 Å². The molecule has 5 heteroatoms. The molecule has 0 spiro atoms. The molecule has 0 saturated heterocycles. The van der Waals surface area contributed by atoms with E-state index >= 15 is 0 Å². The summed E-state index contributed by atoms with van der Waals surface area (Å²) < 4.78 is 5.78. The molecule has 0 bridgehead atoms. The molecule has 0 fully saturated rings. The van der Waals surface area contributed by atoms with E-state index in [1.807, 2.05) is 38.1 Å². The van der Waals surface area contributed by atoms with E-state index in [1.165, 1.54) is 0 Å². The van der Waals surface area contributed by atoms with E-state index in [-0.39, 0.29) is 5.84 Å². The molecule has 4 nitrogen and oxygen atoms in total. The molecule has 0 atom stereocenters. The van der Waals surface area contributed by atoms with Gasteiger partial charge < -0.3 is 10.5 Å². The van der Waals surface area contributed by atoms with Crippen LogP contribution in [0.2, 0.25) is 5.02 Å². The number of nitrogens with zero attached hydrogens (tertiary/aromatic N) is 1. The monoisotopic (exact) mass is 289 g/mol. The van der Waals surface area contributed by atoms with E-state index in [0.717, 1.165) is 11.3 Å². The Balaban J connectivity index is 2.27. The van der Waals surface area contributed by atoms with E-state index in [2.05, 4.69) is 4.98 Å². The predicted octanol–water partition coefficient (Wildman–Crippen LogP) is 3.21. The first-order chi connectivity index (χ1) is 9.47. The molecule has 0 aliphatic heterocycles. The Kier molecular flexibility index (Phi) is 4.25. The number of nitrogens with two attached hydrogens (primary N) is 1. The number of hydrogen-bond acceptors (Lipinski definition) is 3. The fourth-order valence-electron chi connectivity index (χ4n) is 2.02. The number of amidine groups is 1. The summed E-state index contributed by atoms with van der Waals surface area (Å²) in [5.74, 6) is 0.526. The van der Waals surface area contributed by atoms with Gasteiger partial charge in [0.2, 0.25) is 0 Å². The third kappa shape index (κ3) is 3.27. The minimum Gasteiger partial charge on any atom is -0.488 e. The van der Waals surface area contributed by atoms with Crippen LogP contribution < -0.4 is 10.5 Å². The number of nitrogens with one attached hydrogen (secondary N) is 1. The minimum absolute atomic E-state index is 0.0453. The zero-order chi connectivity index (χ0) is 14.7. The highest BCUT2D eigenvalue weighted by atomic mass is 35.5. The number of aryl methyl sites for hydroxylation is 2. The maximum atomic E-state index is 7.64. The molecule has 104 valence electrons. The molecule has 0 saturated carbocycles. The Morgan fingerprint density at radius 2 is 2.10 bits per heavy atom. The fourth-order valence-corrected chi connectivity index (χ4v) is 2.24. The van der Waals surface area contributed by atoms with Crippen LogP contribution in [0.1, 0.15) is 22.5 Å². The van der Waals surface area contributed by atoms with Crippen molar-refractivity contribution in [1.82, 2.24) is 4.98 Å². The van der Waals surface area contributed by atoms with Crippen LogP contribution in [0.15, 0.2) is 30.3 Å². The molecule has 2 rings (SSSR count). The third-order valence-electron chi connectivity index (χ3n) is 2.84. The van der Waals surface area contributed by atoms with Crippen LogP contribution >= 0.6 is 11.6 Å². The van der Waals surface area contributed by atoms with Crippen molar-refractivity contribution in [1.29, 1.82) is 5.41 Å². The molecule has 0 aliphatic rings. The first-order valence-electron chi connectivity index (χ1n) is 6.17. The molecule has 3 N–H and O–H groups in total. The van der Waals surface area contributed by atoms with Gasteiger partial charge in [-0.05, 0) is 31.5 Å². The SMILES string of the molecule is Cc1cc(OCc2cccc(Cl)c2)c(C(=N)N)c(C)n1. The molecule has 1 aromatic carbocycles. The number of ether oxygens (including phenoxy) is 1. The molecule has 0 radical (unpaired) electrons. The van der Waals surface area contributed by atoms with Gasteiger partial charge in [0.05, 0.1) is 11.3 Å². The number of nitrogen functional groups attached to an aromatic ring is 1. The molecular formula is C15H16ClN3O. The zero-order valence-corrected chi connectivity index (χ0v) is 12.2. The van der Waals surface area contributed by atoms with Gasteiger partial charge in [-0.1, -0.05) is 23.7 Å². The number of benzene rings is 1. The van der Waals surface area contributed by atoms with Crippen LogP contribution in [0.5, 0.6) is 5.75 Å². The van der Waals surface area contributed by atoms with Gasteiger partial charge in [0, 0.05) is 16.8 Å². The molecule has 0 unspecified atom stereocenters. The van der Waals surface area contributed by atoms with Crippen molar-refractivity contribution in [3.8, 4) is 5.75 Å². The molecule has 2 aromatic rings. The molecule has 0 aliphatic carbocycles. The van der Waals surface area contributed by atoms with Crippen molar-refractivity contribution in [2.75, 3.05) is 0 Å². The van der Waals surface area contributed by atoms with Gasteiger partial charge in [-0.3, -0.25) is 10.4 Å². The Labute approximate surface area is 123 Å². The van der Waals surface area contributed by atoms with Crippen molar-refractivity contribution < 1.29 is 4.74 Å². The summed E-state index contributed by atoms with van der Waals surface area (Å²) in [5, 5.41) is 8.31. The van der Waals surface area contributed by atoms with Gasteiger partial charge in [0.25, 0.3) is 0 Å². The van der Waals surface area contributed by atoms with E-state index in [4.69, 9.17) is 27.5 Å². The van der Waals surface area contributed by atoms with Gasteiger partial charge in [0.1, 0.15) is 18.2 Å². The lowest BCUT2D eigenvalue weighted by Gasteiger charge is -2.13. The van der Waals surface area contributed by atoms with E-state index in [9.17, 15) is 0 Å². The summed E-state index contributed by atoms with van der Waals surface area (Å²) in [6.07, 6.45) is 0. The topological polar surface area (TPSA) is 72.0 Å². The summed E-state index contributed by atoms with van der Waals surface area (Å²) >= 11 is 5.94. The van der Waals surface area contributed by atoms with Crippen LogP contribution in [0, 0.1) is 19.3 Å². The smallest absolute Gasteiger partial charge is 0.134 e. The molecule has 0 amide bonds. The summed E-state index contributed by atoms with van der Waals surface area (Å²) in [6.45, 7) is 4.06. The Morgan fingerprint density at radius 3 is 2.75 bits per heavy atom. The largest absolute Gasteiger partial charge is 0.488 e.